The van der Waals surface area contributed by atoms with Gasteiger partial charge in [0.25, 0.3) is 5.91 Å². The van der Waals surface area contributed by atoms with Gasteiger partial charge in [0.05, 0.1) is 0 Å². The fraction of sp³-hybridized carbons (Fsp3) is 0.400. The Morgan fingerprint density at radius 1 is 1.14 bits per heavy atom. The van der Waals surface area contributed by atoms with Crippen molar-refractivity contribution < 1.29 is 9.59 Å². The van der Waals surface area contributed by atoms with Gasteiger partial charge in [-0.15, -0.1) is 0 Å². The first-order chi connectivity index (χ1) is 10.1. The molecule has 1 aromatic rings. The molecule has 0 aliphatic rings. The lowest BCUT2D eigenvalue weighted by Gasteiger charge is -2.09. The number of carbonyl (C=O) groups is 2. The molecule has 5 nitrogen and oxygen atoms in total. The van der Waals surface area contributed by atoms with Crippen LogP contribution in [0.3, 0.4) is 0 Å². The highest BCUT2D eigenvalue weighted by Gasteiger charge is 2.06. The molecule has 0 radical (unpaired) electrons. The predicted octanol–water partition coefficient (Wildman–Crippen LogP) is 2.44. The van der Waals surface area contributed by atoms with Gasteiger partial charge in [-0.2, -0.15) is 0 Å². The van der Waals surface area contributed by atoms with Gasteiger partial charge in [0.1, 0.15) is 0 Å². The molecule has 0 saturated heterocycles. The first kappa shape index (κ1) is 17.1. The van der Waals surface area contributed by atoms with Gasteiger partial charge < -0.3 is 16.0 Å². The minimum Gasteiger partial charge on any atom is -0.352 e. The first-order valence-corrected chi connectivity index (χ1v) is 7.46. The summed E-state index contributed by atoms with van der Waals surface area (Å²) >= 11 is 5.01. The molecule has 0 aliphatic carbocycles. The summed E-state index contributed by atoms with van der Waals surface area (Å²) in [5, 5.41) is 8.55. The Morgan fingerprint density at radius 2 is 1.81 bits per heavy atom. The largest absolute Gasteiger partial charge is 0.352 e. The summed E-state index contributed by atoms with van der Waals surface area (Å²) in [6, 6.07) is 6.93. The number of carbonyl (C=O) groups excluding carboxylic acids is 2. The highest BCUT2D eigenvalue weighted by molar-refractivity contribution is 7.80. The number of anilines is 1. The second kappa shape index (κ2) is 9.07. The van der Waals surface area contributed by atoms with E-state index < -0.39 is 0 Å². The van der Waals surface area contributed by atoms with Crippen LogP contribution in [-0.2, 0) is 4.79 Å². The van der Waals surface area contributed by atoms with Gasteiger partial charge in [0.2, 0.25) is 5.91 Å². The maximum Gasteiger partial charge on any atom is 0.251 e. The van der Waals surface area contributed by atoms with Crippen LogP contribution in [0.2, 0.25) is 0 Å². The van der Waals surface area contributed by atoms with E-state index in [4.69, 9.17) is 12.2 Å². The quantitative estimate of drug-likeness (QED) is 0.558. The Bertz CT molecular complexity index is 500. The molecule has 0 aliphatic heterocycles. The van der Waals surface area contributed by atoms with E-state index in [0.717, 1.165) is 18.5 Å². The third-order valence-corrected chi connectivity index (χ3v) is 3.00. The van der Waals surface area contributed by atoms with Crippen molar-refractivity contribution in [2.45, 2.75) is 33.1 Å². The number of hydrogen-bond acceptors (Lipinski definition) is 3. The fourth-order valence-corrected chi connectivity index (χ4v) is 1.79. The van der Waals surface area contributed by atoms with E-state index in [2.05, 4.69) is 22.9 Å². The molecule has 0 heterocycles. The van der Waals surface area contributed by atoms with Crippen molar-refractivity contribution in [2.75, 3.05) is 11.9 Å². The maximum atomic E-state index is 11.8. The van der Waals surface area contributed by atoms with Gasteiger partial charge in [-0.3, -0.25) is 9.59 Å². The lowest BCUT2D eigenvalue weighted by atomic mass is 10.2. The summed E-state index contributed by atoms with van der Waals surface area (Å²) in [6.07, 6.45) is 2.39. The number of benzene rings is 1. The molecule has 1 rings (SSSR count). The van der Waals surface area contributed by atoms with Crippen molar-refractivity contribution in [1.29, 1.82) is 0 Å². The molecule has 2 amide bonds. The standard InChI is InChI=1S/C15H21N3O2S/c1-3-5-10-16-14(20)11-6-8-12(9-7-11)17-15(21)18-13(19)4-2/h6-9H,3-5,10H2,1-2H3,(H,16,20)(H2,17,18,19,21). The second-order valence-corrected chi connectivity index (χ2v) is 4.95. The Morgan fingerprint density at radius 3 is 2.38 bits per heavy atom. The normalized spacial score (nSPS) is 9.81. The molecular formula is C15H21N3O2S. The molecule has 114 valence electrons. The predicted molar refractivity (Wildman–Crippen MR) is 88.3 cm³/mol. The average molecular weight is 307 g/mol. The van der Waals surface area contributed by atoms with Crippen LogP contribution in [0, 0.1) is 0 Å². The third-order valence-electron chi connectivity index (χ3n) is 2.79. The van der Waals surface area contributed by atoms with E-state index in [1.165, 1.54) is 0 Å². The molecule has 0 atom stereocenters. The molecule has 0 fully saturated rings. The van der Waals surface area contributed by atoms with E-state index in [0.29, 0.717) is 18.5 Å². The highest BCUT2D eigenvalue weighted by atomic mass is 32.1. The van der Waals surface area contributed by atoms with Gasteiger partial charge in [0, 0.05) is 24.2 Å². The van der Waals surface area contributed by atoms with E-state index in [1.807, 2.05) is 0 Å². The average Bonchev–Trinajstić information content (AvgIpc) is 2.47. The lowest BCUT2D eigenvalue weighted by molar-refractivity contribution is -0.119. The molecule has 3 N–H and O–H groups in total. The van der Waals surface area contributed by atoms with Crippen molar-refractivity contribution in [3.05, 3.63) is 29.8 Å². The summed E-state index contributed by atoms with van der Waals surface area (Å²) in [6.45, 7) is 4.51. The van der Waals surface area contributed by atoms with Crippen LogP contribution >= 0.6 is 12.2 Å². The van der Waals surface area contributed by atoms with Gasteiger partial charge in [-0.05, 0) is 42.9 Å². The minimum atomic E-state index is -0.139. The van der Waals surface area contributed by atoms with Gasteiger partial charge >= 0.3 is 0 Å². The second-order valence-electron chi connectivity index (χ2n) is 4.54. The summed E-state index contributed by atoms with van der Waals surface area (Å²) < 4.78 is 0. The van der Waals surface area contributed by atoms with Gasteiger partial charge in [0.15, 0.2) is 5.11 Å². The van der Waals surface area contributed by atoms with Crippen LogP contribution in [0.5, 0.6) is 0 Å². The van der Waals surface area contributed by atoms with Crippen LogP contribution in [0.4, 0.5) is 5.69 Å². The van der Waals surface area contributed by atoms with Gasteiger partial charge in [-0.1, -0.05) is 20.3 Å². The molecule has 21 heavy (non-hydrogen) atoms. The highest BCUT2D eigenvalue weighted by Crippen LogP contribution is 2.09. The van der Waals surface area contributed by atoms with Crippen molar-refractivity contribution >= 4 is 34.8 Å². The summed E-state index contributed by atoms with van der Waals surface area (Å²) in [5.41, 5.74) is 1.32. The Balaban J connectivity index is 2.51. The van der Waals surface area contributed by atoms with Crippen LogP contribution in [0.1, 0.15) is 43.5 Å². The summed E-state index contributed by atoms with van der Waals surface area (Å²) in [5.74, 6) is -0.226. The zero-order chi connectivity index (χ0) is 15.7. The van der Waals surface area contributed by atoms with E-state index in [9.17, 15) is 9.59 Å². The zero-order valence-electron chi connectivity index (χ0n) is 12.4. The Hall–Kier alpha value is -1.95. The number of hydrogen-bond donors (Lipinski definition) is 3. The fourth-order valence-electron chi connectivity index (χ4n) is 1.56. The molecule has 1 aromatic carbocycles. The number of thiocarbonyl (C=S) groups is 1. The minimum absolute atomic E-state index is 0.0862. The summed E-state index contributed by atoms with van der Waals surface area (Å²) in [4.78, 5) is 23.0. The van der Waals surface area contributed by atoms with Crippen LogP contribution in [-0.4, -0.2) is 23.5 Å². The van der Waals surface area contributed by atoms with Crippen LogP contribution in [0.25, 0.3) is 0 Å². The van der Waals surface area contributed by atoms with Crippen LogP contribution < -0.4 is 16.0 Å². The lowest BCUT2D eigenvalue weighted by Crippen LogP contribution is -2.33. The van der Waals surface area contributed by atoms with E-state index in [-0.39, 0.29) is 16.9 Å². The number of nitrogens with one attached hydrogen (secondary N) is 3. The zero-order valence-corrected chi connectivity index (χ0v) is 13.2. The topological polar surface area (TPSA) is 70.2 Å². The molecule has 0 unspecified atom stereocenters. The van der Waals surface area contributed by atoms with Gasteiger partial charge in [-0.25, -0.2) is 0 Å². The summed E-state index contributed by atoms with van der Waals surface area (Å²) in [7, 11) is 0. The molecule has 0 spiro atoms. The third kappa shape index (κ3) is 6.35. The SMILES string of the molecule is CCCCNC(=O)c1ccc(NC(=S)NC(=O)CC)cc1. The molecule has 0 bridgehead atoms. The smallest absolute Gasteiger partial charge is 0.251 e. The Labute approximate surface area is 130 Å². The first-order valence-electron chi connectivity index (χ1n) is 7.06. The van der Waals surface area contributed by atoms with Crippen molar-refractivity contribution in [3.8, 4) is 0 Å². The number of rotatable bonds is 6. The van der Waals surface area contributed by atoms with Crippen molar-refractivity contribution in [1.82, 2.24) is 10.6 Å². The van der Waals surface area contributed by atoms with Crippen molar-refractivity contribution in [2.24, 2.45) is 0 Å². The molecular weight excluding hydrogens is 286 g/mol. The molecule has 0 aromatic heterocycles. The number of unbranched alkanes of at least 4 members (excludes halogenated alkanes) is 1. The Kier molecular flexibility index (Phi) is 7.39. The maximum absolute atomic E-state index is 11.8. The van der Waals surface area contributed by atoms with Crippen molar-refractivity contribution in [3.63, 3.8) is 0 Å². The number of amides is 2. The van der Waals surface area contributed by atoms with Crippen LogP contribution in [0.15, 0.2) is 24.3 Å². The van der Waals surface area contributed by atoms with E-state index >= 15 is 0 Å². The molecule has 0 saturated carbocycles. The van der Waals surface area contributed by atoms with E-state index in [1.54, 1.807) is 31.2 Å². The molecule has 6 heteroatoms. The monoisotopic (exact) mass is 307 g/mol.